The summed E-state index contributed by atoms with van der Waals surface area (Å²) < 4.78 is 12.9. The lowest BCUT2D eigenvalue weighted by Gasteiger charge is -2.09. The van der Waals surface area contributed by atoms with Crippen molar-refractivity contribution in [1.82, 2.24) is 0 Å². The third-order valence-corrected chi connectivity index (χ3v) is 4.29. The Morgan fingerprint density at radius 2 is 1.83 bits per heavy atom. The molecular formula is C18H16ClFN2O2. The van der Waals surface area contributed by atoms with Crippen LogP contribution >= 0.6 is 11.6 Å². The van der Waals surface area contributed by atoms with Crippen LogP contribution in [0.3, 0.4) is 0 Å². The average Bonchev–Trinajstić information content (AvgIpc) is 3.31. The molecule has 2 amide bonds. The first-order valence-corrected chi connectivity index (χ1v) is 7.95. The van der Waals surface area contributed by atoms with Gasteiger partial charge in [-0.3, -0.25) is 9.59 Å². The molecule has 0 bridgehead atoms. The number of rotatable bonds is 4. The van der Waals surface area contributed by atoms with Crippen molar-refractivity contribution in [3.63, 3.8) is 0 Å². The van der Waals surface area contributed by atoms with Crippen LogP contribution < -0.4 is 10.6 Å². The van der Waals surface area contributed by atoms with E-state index in [1.54, 1.807) is 30.3 Å². The number of hydrogen-bond donors (Lipinski definition) is 2. The summed E-state index contributed by atoms with van der Waals surface area (Å²) in [7, 11) is 0. The Labute approximate surface area is 144 Å². The highest BCUT2D eigenvalue weighted by molar-refractivity contribution is 6.34. The Morgan fingerprint density at radius 3 is 2.46 bits per heavy atom. The van der Waals surface area contributed by atoms with Crippen molar-refractivity contribution < 1.29 is 14.0 Å². The fourth-order valence-electron chi connectivity index (χ4n) is 2.68. The highest BCUT2D eigenvalue weighted by Crippen LogP contribution is 2.48. The lowest BCUT2D eigenvalue weighted by atomic mass is 10.1. The quantitative estimate of drug-likeness (QED) is 0.872. The molecular weight excluding hydrogens is 331 g/mol. The Kier molecular flexibility index (Phi) is 4.53. The molecule has 0 aliphatic heterocycles. The van der Waals surface area contributed by atoms with Crippen molar-refractivity contribution in [2.75, 3.05) is 10.6 Å². The highest BCUT2D eigenvalue weighted by Gasteiger charge is 2.43. The number of amides is 2. The predicted octanol–water partition coefficient (Wildman–Crippen LogP) is 4.18. The molecule has 2 atom stereocenters. The van der Waals surface area contributed by atoms with Crippen LogP contribution in [0, 0.1) is 11.7 Å². The molecule has 2 aromatic carbocycles. The fourth-order valence-corrected chi connectivity index (χ4v) is 2.91. The standard InChI is InChI=1S/C18H16ClFN2O2/c1-10(23)21-17-7-6-13(8-16(17)19)22-18(24)15-9-14(15)11-2-4-12(20)5-3-11/h2-8,14-15H,9H2,1H3,(H,21,23)(H,22,24)/t14-,15+/m0/s1. The van der Waals surface area contributed by atoms with Crippen molar-refractivity contribution in [3.05, 3.63) is 58.9 Å². The van der Waals surface area contributed by atoms with Crippen molar-refractivity contribution in [3.8, 4) is 0 Å². The molecule has 1 saturated carbocycles. The molecule has 0 aromatic heterocycles. The minimum absolute atomic E-state index is 0.0901. The first kappa shape index (κ1) is 16.5. The summed E-state index contributed by atoms with van der Waals surface area (Å²) in [5, 5.41) is 5.79. The number of halogens is 2. The predicted molar refractivity (Wildman–Crippen MR) is 91.6 cm³/mol. The lowest BCUT2D eigenvalue weighted by Crippen LogP contribution is -2.14. The number of carbonyl (C=O) groups excluding carboxylic acids is 2. The lowest BCUT2D eigenvalue weighted by molar-refractivity contribution is -0.117. The van der Waals surface area contributed by atoms with Crippen LogP contribution in [0.4, 0.5) is 15.8 Å². The number of carbonyl (C=O) groups is 2. The number of hydrogen-bond acceptors (Lipinski definition) is 2. The van der Waals surface area contributed by atoms with E-state index < -0.39 is 0 Å². The molecule has 1 aliphatic rings. The van der Waals surface area contributed by atoms with Gasteiger partial charge in [-0.25, -0.2) is 4.39 Å². The minimum Gasteiger partial charge on any atom is -0.326 e. The maximum absolute atomic E-state index is 12.9. The van der Waals surface area contributed by atoms with Crippen LogP contribution in [0.2, 0.25) is 5.02 Å². The second-order valence-electron chi connectivity index (χ2n) is 5.87. The molecule has 0 spiro atoms. The molecule has 1 aliphatic carbocycles. The first-order valence-electron chi connectivity index (χ1n) is 7.57. The van der Waals surface area contributed by atoms with Gasteiger partial charge in [-0.1, -0.05) is 23.7 Å². The molecule has 0 heterocycles. The van der Waals surface area contributed by atoms with Crippen LogP contribution in [0.15, 0.2) is 42.5 Å². The Balaban J connectivity index is 1.62. The highest BCUT2D eigenvalue weighted by atomic mass is 35.5. The second-order valence-corrected chi connectivity index (χ2v) is 6.27. The Hall–Kier alpha value is -2.40. The van der Waals surface area contributed by atoms with E-state index in [4.69, 9.17) is 11.6 Å². The van der Waals surface area contributed by atoms with Gasteiger partial charge in [0.25, 0.3) is 0 Å². The first-order chi connectivity index (χ1) is 11.4. The van der Waals surface area contributed by atoms with E-state index in [1.807, 2.05) is 0 Å². The van der Waals surface area contributed by atoms with Crippen LogP contribution in [0.1, 0.15) is 24.8 Å². The van der Waals surface area contributed by atoms with Gasteiger partial charge < -0.3 is 10.6 Å². The Bertz CT molecular complexity index is 792. The summed E-state index contributed by atoms with van der Waals surface area (Å²) >= 11 is 6.09. The van der Waals surface area contributed by atoms with Gasteiger partial charge in [0.15, 0.2) is 0 Å². The van der Waals surface area contributed by atoms with Gasteiger partial charge in [0, 0.05) is 18.5 Å². The summed E-state index contributed by atoms with van der Waals surface area (Å²) in [6.07, 6.45) is 0.745. The molecule has 4 nitrogen and oxygen atoms in total. The monoisotopic (exact) mass is 346 g/mol. The average molecular weight is 347 g/mol. The molecule has 2 N–H and O–H groups in total. The van der Waals surface area contributed by atoms with Crippen LogP contribution in [-0.2, 0) is 9.59 Å². The molecule has 1 fully saturated rings. The van der Waals surface area contributed by atoms with E-state index in [2.05, 4.69) is 10.6 Å². The second kappa shape index (κ2) is 6.61. The van der Waals surface area contributed by atoms with E-state index in [-0.39, 0.29) is 29.5 Å². The summed E-state index contributed by atoms with van der Waals surface area (Å²) in [6, 6.07) is 11.2. The molecule has 124 valence electrons. The zero-order chi connectivity index (χ0) is 17.3. The van der Waals surface area contributed by atoms with Crippen molar-refractivity contribution >= 4 is 34.8 Å². The van der Waals surface area contributed by atoms with Gasteiger partial charge in [-0.2, -0.15) is 0 Å². The van der Waals surface area contributed by atoms with Crippen LogP contribution in [0.5, 0.6) is 0 Å². The summed E-state index contributed by atoms with van der Waals surface area (Å²) in [5.74, 6) is -0.584. The molecule has 2 aromatic rings. The van der Waals surface area contributed by atoms with E-state index in [0.29, 0.717) is 16.4 Å². The maximum atomic E-state index is 12.9. The van der Waals surface area contributed by atoms with E-state index in [9.17, 15) is 14.0 Å². The third kappa shape index (κ3) is 3.74. The van der Waals surface area contributed by atoms with Crippen molar-refractivity contribution in [2.24, 2.45) is 5.92 Å². The largest absolute Gasteiger partial charge is 0.326 e. The summed E-state index contributed by atoms with van der Waals surface area (Å²) in [4.78, 5) is 23.4. The maximum Gasteiger partial charge on any atom is 0.228 e. The molecule has 0 radical (unpaired) electrons. The van der Waals surface area contributed by atoms with Gasteiger partial charge in [-0.05, 0) is 48.2 Å². The summed E-state index contributed by atoms with van der Waals surface area (Å²) in [5.41, 5.74) is 2.04. The molecule has 0 unspecified atom stereocenters. The van der Waals surface area contributed by atoms with Crippen LogP contribution in [-0.4, -0.2) is 11.8 Å². The molecule has 3 rings (SSSR count). The molecule has 24 heavy (non-hydrogen) atoms. The Morgan fingerprint density at radius 1 is 1.12 bits per heavy atom. The minimum atomic E-state index is -0.283. The number of nitrogens with one attached hydrogen (secondary N) is 2. The van der Waals surface area contributed by atoms with E-state index in [1.165, 1.54) is 19.1 Å². The van der Waals surface area contributed by atoms with Gasteiger partial charge in [-0.15, -0.1) is 0 Å². The van der Waals surface area contributed by atoms with E-state index in [0.717, 1.165) is 12.0 Å². The third-order valence-electron chi connectivity index (χ3n) is 3.97. The van der Waals surface area contributed by atoms with Crippen molar-refractivity contribution in [2.45, 2.75) is 19.3 Å². The van der Waals surface area contributed by atoms with Gasteiger partial charge in [0.2, 0.25) is 11.8 Å². The smallest absolute Gasteiger partial charge is 0.228 e. The SMILES string of the molecule is CC(=O)Nc1ccc(NC(=O)[C@@H]2C[C@H]2c2ccc(F)cc2)cc1Cl. The summed E-state index contributed by atoms with van der Waals surface area (Å²) in [6.45, 7) is 1.40. The molecule has 0 saturated heterocycles. The topological polar surface area (TPSA) is 58.2 Å². The van der Waals surface area contributed by atoms with Crippen LogP contribution in [0.25, 0.3) is 0 Å². The fraction of sp³-hybridized carbons (Fsp3) is 0.222. The number of anilines is 2. The number of benzene rings is 2. The molecule has 6 heteroatoms. The zero-order valence-electron chi connectivity index (χ0n) is 13.0. The van der Waals surface area contributed by atoms with Gasteiger partial charge >= 0.3 is 0 Å². The van der Waals surface area contributed by atoms with Gasteiger partial charge in [0.05, 0.1) is 10.7 Å². The van der Waals surface area contributed by atoms with Crippen molar-refractivity contribution in [1.29, 1.82) is 0 Å². The normalized spacial score (nSPS) is 18.8. The van der Waals surface area contributed by atoms with E-state index >= 15 is 0 Å². The zero-order valence-corrected chi connectivity index (χ0v) is 13.7. The van der Waals surface area contributed by atoms with Gasteiger partial charge in [0.1, 0.15) is 5.82 Å².